The van der Waals surface area contributed by atoms with Gasteiger partial charge in [-0.15, -0.1) is 28.3 Å². The largest absolute Gasteiger partial charge is 0.494 e. The third-order valence-corrected chi connectivity index (χ3v) is 8.25. The molecule has 0 N–H and O–H groups in total. The van der Waals surface area contributed by atoms with E-state index in [2.05, 4.69) is 16.9 Å². The number of thiazole rings is 1. The quantitative estimate of drug-likeness (QED) is 0.365. The van der Waals surface area contributed by atoms with E-state index in [1.165, 1.54) is 0 Å². The number of rotatable bonds is 8. The number of hydrogen-bond acceptors (Lipinski definition) is 5. The van der Waals surface area contributed by atoms with Gasteiger partial charge in [0.1, 0.15) is 5.75 Å². The second kappa shape index (κ2) is 11.5. The van der Waals surface area contributed by atoms with Crippen LogP contribution >= 0.6 is 28.3 Å². The second-order valence-electron chi connectivity index (χ2n) is 7.73. The van der Waals surface area contributed by atoms with Crippen molar-refractivity contribution in [3.05, 3.63) is 58.7 Å². The third kappa shape index (κ3) is 5.77. The van der Waals surface area contributed by atoms with E-state index in [9.17, 15) is 8.42 Å². The summed E-state index contributed by atoms with van der Waals surface area (Å²) in [6, 6.07) is 15.0. The molecule has 0 atom stereocenters. The first-order valence-electron chi connectivity index (χ1n) is 11.1. The lowest BCUT2D eigenvalue weighted by atomic mass is 10.2. The van der Waals surface area contributed by atoms with E-state index in [-0.39, 0.29) is 17.0 Å². The van der Waals surface area contributed by atoms with Gasteiger partial charge in [-0.3, -0.25) is 0 Å². The van der Waals surface area contributed by atoms with Crippen LogP contribution in [0.3, 0.4) is 0 Å². The standard InChI is InChI=1S/C24H29N3O3S2.BrH/c1-3-15-27-23(18-31-24(27)25-20-9-11-21(12-10-20)30-4-2)19-7-13-22(14-8-19)32(28,29)26-16-5-6-17-26;/h7-14,18H,3-6,15-17H2,1-2H3;1H. The Morgan fingerprint density at radius 3 is 2.27 bits per heavy atom. The van der Waals surface area contributed by atoms with E-state index in [1.54, 1.807) is 27.8 Å². The van der Waals surface area contributed by atoms with Gasteiger partial charge in [0.2, 0.25) is 10.0 Å². The molecule has 1 aliphatic heterocycles. The van der Waals surface area contributed by atoms with E-state index in [0.29, 0.717) is 24.6 Å². The van der Waals surface area contributed by atoms with E-state index < -0.39 is 10.0 Å². The molecule has 0 saturated carbocycles. The van der Waals surface area contributed by atoms with Gasteiger partial charge in [0.05, 0.1) is 22.9 Å². The summed E-state index contributed by atoms with van der Waals surface area (Å²) in [7, 11) is -3.40. The molecule has 0 aliphatic carbocycles. The summed E-state index contributed by atoms with van der Waals surface area (Å²) in [4.78, 5) is 6.12. The Kier molecular flexibility index (Phi) is 8.92. The molecule has 33 heavy (non-hydrogen) atoms. The Morgan fingerprint density at radius 2 is 1.67 bits per heavy atom. The van der Waals surface area contributed by atoms with Crippen molar-refractivity contribution in [2.45, 2.75) is 44.6 Å². The highest BCUT2D eigenvalue weighted by Crippen LogP contribution is 2.26. The van der Waals surface area contributed by atoms with Gasteiger partial charge in [-0.05, 0) is 68.1 Å². The van der Waals surface area contributed by atoms with E-state index >= 15 is 0 Å². The molecule has 1 fully saturated rings. The fourth-order valence-corrected chi connectivity index (χ4v) is 6.33. The molecule has 4 rings (SSSR count). The Balaban J connectivity index is 0.00000306. The van der Waals surface area contributed by atoms with Crippen LogP contribution in [0, 0.1) is 0 Å². The summed E-state index contributed by atoms with van der Waals surface area (Å²) in [5.74, 6) is 0.837. The summed E-state index contributed by atoms with van der Waals surface area (Å²) >= 11 is 1.59. The first-order chi connectivity index (χ1) is 15.5. The molecule has 0 bridgehead atoms. The number of benzene rings is 2. The van der Waals surface area contributed by atoms with E-state index in [4.69, 9.17) is 9.73 Å². The van der Waals surface area contributed by atoms with Gasteiger partial charge in [0.25, 0.3) is 0 Å². The van der Waals surface area contributed by atoms with Gasteiger partial charge >= 0.3 is 0 Å². The Morgan fingerprint density at radius 1 is 1.00 bits per heavy atom. The Bertz CT molecular complexity index is 1210. The van der Waals surface area contributed by atoms with Crippen LogP contribution < -0.4 is 9.54 Å². The van der Waals surface area contributed by atoms with Gasteiger partial charge in [0.15, 0.2) is 4.80 Å². The third-order valence-electron chi connectivity index (χ3n) is 5.47. The molecule has 0 unspecified atom stereocenters. The minimum Gasteiger partial charge on any atom is -0.494 e. The van der Waals surface area contributed by atoms with Crippen molar-refractivity contribution in [2.24, 2.45) is 4.99 Å². The number of aromatic nitrogens is 1. The lowest BCUT2D eigenvalue weighted by Crippen LogP contribution is -2.27. The Hall–Kier alpha value is -1.94. The smallest absolute Gasteiger partial charge is 0.243 e. The van der Waals surface area contributed by atoms with Gasteiger partial charge < -0.3 is 9.30 Å². The molecule has 2 aromatic carbocycles. The van der Waals surface area contributed by atoms with Gasteiger partial charge in [-0.1, -0.05) is 19.1 Å². The van der Waals surface area contributed by atoms with Crippen molar-refractivity contribution in [2.75, 3.05) is 19.7 Å². The highest BCUT2D eigenvalue weighted by atomic mass is 79.9. The van der Waals surface area contributed by atoms with Gasteiger partial charge in [-0.2, -0.15) is 4.31 Å². The molecular formula is C24H30BrN3O3S2. The minimum absolute atomic E-state index is 0. The fraction of sp³-hybridized carbons (Fsp3) is 0.375. The summed E-state index contributed by atoms with van der Waals surface area (Å²) in [5.41, 5.74) is 2.91. The molecule has 0 amide bonds. The summed E-state index contributed by atoms with van der Waals surface area (Å²) in [6.45, 7) is 6.80. The van der Waals surface area contributed by atoms with Crippen LogP contribution in [0.2, 0.25) is 0 Å². The molecule has 2 heterocycles. The maximum absolute atomic E-state index is 12.8. The number of nitrogens with zero attached hydrogens (tertiary/aromatic N) is 3. The highest BCUT2D eigenvalue weighted by Gasteiger charge is 2.27. The number of hydrogen-bond donors (Lipinski definition) is 0. The molecule has 178 valence electrons. The van der Waals surface area contributed by atoms with Crippen LogP contribution in [0.5, 0.6) is 5.75 Å². The minimum atomic E-state index is -3.40. The molecule has 1 aliphatic rings. The average molecular weight is 553 g/mol. The highest BCUT2D eigenvalue weighted by molar-refractivity contribution is 8.93. The zero-order valence-corrected chi connectivity index (χ0v) is 22.3. The summed E-state index contributed by atoms with van der Waals surface area (Å²) in [5, 5.41) is 2.09. The first-order valence-corrected chi connectivity index (χ1v) is 13.4. The van der Waals surface area contributed by atoms with Crippen molar-refractivity contribution in [1.82, 2.24) is 8.87 Å². The lowest BCUT2D eigenvalue weighted by Gasteiger charge is -2.16. The molecule has 9 heteroatoms. The topological polar surface area (TPSA) is 63.9 Å². The lowest BCUT2D eigenvalue weighted by molar-refractivity contribution is 0.340. The first kappa shape index (κ1) is 25.7. The second-order valence-corrected chi connectivity index (χ2v) is 10.5. The zero-order chi connectivity index (χ0) is 22.6. The van der Waals surface area contributed by atoms with Crippen LogP contribution in [-0.4, -0.2) is 37.0 Å². The number of sulfonamides is 1. The van der Waals surface area contributed by atoms with Gasteiger partial charge in [0, 0.05) is 25.0 Å². The van der Waals surface area contributed by atoms with E-state index in [1.807, 2.05) is 43.3 Å². The van der Waals surface area contributed by atoms with Crippen molar-refractivity contribution >= 4 is 44.0 Å². The van der Waals surface area contributed by atoms with Crippen LogP contribution in [0.1, 0.15) is 33.1 Å². The normalized spacial score (nSPS) is 14.9. The van der Waals surface area contributed by atoms with Crippen molar-refractivity contribution in [3.63, 3.8) is 0 Å². The predicted molar refractivity (Wildman–Crippen MR) is 139 cm³/mol. The molecule has 6 nitrogen and oxygen atoms in total. The van der Waals surface area contributed by atoms with Crippen molar-refractivity contribution in [3.8, 4) is 17.0 Å². The zero-order valence-electron chi connectivity index (χ0n) is 18.9. The van der Waals surface area contributed by atoms with Crippen LogP contribution in [0.25, 0.3) is 11.3 Å². The molecule has 0 spiro atoms. The average Bonchev–Trinajstić information content (AvgIpc) is 3.47. The van der Waals surface area contributed by atoms with Crippen LogP contribution in [0.15, 0.2) is 63.8 Å². The molecule has 3 aromatic rings. The SMILES string of the molecule is Br.CCCn1c(-c2ccc(S(=O)(=O)N3CCCC3)cc2)csc1=Nc1ccc(OCC)cc1. The fourth-order valence-electron chi connectivity index (χ4n) is 3.86. The van der Waals surface area contributed by atoms with Crippen LogP contribution in [-0.2, 0) is 16.6 Å². The number of halogens is 1. The summed E-state index contributed by atoms with van der Waals surface area (Å²) in [6.07, 6.45) is 2.84. The molecule has 1 saturated heterocycles. The number of ether oxygens (including phenoxy) is 1. The maximum Gasteiger partial charge on any atom is 0.243 e. The Labute approximate surface area is 210 Å². The molecule has 1 aromatic heterocycles. The molecular weight excluding hydrogens is 522 g/mol. The maximum atomic E-state index is 12.8. The monoisotopic (exact) mass is 551 g/mol. The van der Waals surface area contributed by atoms with Crippen LogP contribution in [0.4, 0.5) is 5.69 Å². The van der Waals surface area contributed by atoms with E-state index in [0.717, 1.165) is 53.3 Å². The molecule has 0 radical (unpaired) electrons. The van der Waals surface area contributed by atoms with Crippen molar-refractivity contribution in [1.29, 1.82) is 0 Å². The van der Waals surface area contributed by atoms with Gasteiger partial charge in [-0.25, -0.2) is 13.4 Å². The summed E-state index contributed by atoms with van der Waals surface area (Å²) < 4.78 is 34.9. The van der Waals surface area contributed by atoms with Crippen molar-refractivity contribution < 1.29 is 13.2 Å². The predicted octanol–water partition coefficient (Wildman–Crippen LogP) is 5.62.